The summed E-state index contributed by atoms with van der Waals surface area (Å²) in [5.41, 5.74) is 0.0459. The normalized spacial score (nSPS) is 11.0. The maximum absolute atomic E-state index is 12.6. The van der Waals surface area contributed by atoms with Crippen LogP contribution in [0.15, 0.2) is 53.4 Å². The number of methoxy groups -OCH3 is 1. The van der Waals surface area contributed by atoms with Crippen LogP contribution >= 0.6 is 0 Å². The monoisotopic (exact) mass is 406 g/mol. The van der Waals surface area contributed by atoms with Crippen molar-refractivity contribution in [2.24, 2.45) is 0 Å². The second kappa shape index (κ2) is 9.23. The predicted molar refractivity (Wildman–Crippen MR) is 104 cm³/mol. The summed E-state index contributed by atoms with van der Waals surface area (Å²) in [5, 5.41) is 2.60. The summed E-state index contributed by atoms with van der Waals surface area (Å²) < 4.78 is 37.6. The van der Waals surface area contributed by atoms with Crippen molar-refractivity contribution >= 4 is 27.6 Å². The zero-order chi connectivity index (χ0) is 20.7. The summed E-state index contributed by atoms with van der Waals surface area (Å²) in [4.78, 5) is 23.9. The van der Waals surface area contributed by atoms with Gasteiger partial charge in [-0.25, -0.2) is 13.2 Å². The van der Waals surface area contributed by atoms with Crippen LogP contribution in [-0.2, 0) is 19.6 Å². The standard InChI is InChI=1S/C19H22N2O6S/c1-13(2)20-18(22)12-27-19(23)16-6-4-5-7-17(16)21-28(24,25)15-10-8-14(26-3)9-11-15/h4-11,13,21H,12H2,1-3H3,(H,20,22). The van der Waals surface area contributed by atoms with Crippen molar-refractivity contribution in [1.82, 2.24) is 5.32 Å². The molecule has 0 saturated carbocycles. The average Bonchev–Trinajstić information content (AvgIpc) is 2.65. The number of benzene rings is 2. The largest absolute Gasteiger partial charge is 0.497 e. The lowest BCUT2D eigenvalue weighted by molar-refractivity contribution is -0.124. The van der Waals surface area contributed by atoms with Gasteiger partial charge in [0.05, 0.1) is 23.3 Å². The first-order valence-electron chi connectivity index (χ1n) is 8.45. The molecule has 0 atom stereocenters. The third-order valence-corrected chi connectivity index (χ3v) is 4.93. The van der Waals surface area contributed by atoms with Gasteiger partial charge in [0.15, 0.2) is 6.61 Å². The highest BCUT2D eigenvalue weighted by atomic mass is 32.2. The van der Waals surface area contributed by atoms with Gasteiger partial charge >= 0.3 is 5.97 Å². The number of ether oxygens (including phenoxy) is 2. The van der Waals surface area contributed by atoms with Crippen LogP contribution in [0.3, 0.4) is 0 Å². The van der Waals surface area contributed by atoms with Crippen molar-refractivity contribution < 1.29 is 27.5 Å². The Labute approximate surface area is 163 Å². The van der Waals surface area contributed by atoms with Crippen LogP contribution in [0.4, 0.5) is 5.69 Å². The number of hydrogen-bond acceptors (Lipinski definition) is 6. The van der Waals surface area contributed by atoms with Crippen molar-refractivity contribution in [3.63, 3.8) is 0 Å². The average molecular weight is 406 g/mol. The highest BCUT2D eigenvalue weighted by Crippen LogP contribution is 2.22. The Bertz CT molecular complexity index is 939. The van der Waals surface area contributed by atoms with Crippen LogP contribution in [0, 0.1) is 0 Å². The SMILES string of the molecule is COc1ccc(S(=O)(=O)Nc2ccccc2C(=O)OCC(=O)NC(C)C)cc1. The Kier molecular flexibility index (Phi) is 7.00. The summed E-state index contributed by atoms with van der Waals surface area (Å²) in [6.45, 7) is 3.10. The Morgan fingerprint density at radius 1 is 1.04 bits per heavy atom. The van der Waals surface area contributed by atoms with E-state index in [4.69, 9.17) is 9.47 Å². The molecule has 150 valence electrons. The smallest absolute Gasteiger partial charge is 0.340 e. The molecule has 0 fully saturated rings. The van der Waals surface area contributed by atoms with E-state index in [0.29, 0.717) is 5.75 Å². The molecule has 2 aromatic rings. The first-order valence-corrected chi connectivity index (χ1v) is 9.93. The summed E-state index contributed by atoms with van der Waals surface area (Å²) >= 11 is 0. The molecular weight excluding hydrogens is 384 g/mol. The Balaban J connectivity index is 2.16. The van der Waals surface area contributed by atoms with Gasteiger partial charge in [-0.1, -0.05) is 12.1 Å². The van der Waals surface area contributed by atoms with Crippen LogP contribution < -0.4 is 14.8 Å². The van der Waals surface area contributed by atoms with Gasteiger partial charge in [-0.05, 0) is 50.2 Å². The highest BCUT2D eigenvalue weighted by Gasteiger charge is 2.20. The summed E-state index contributed by atoms with van der Waals surface area (Å²) in [5.74, 6) is -0.741. The fourth-order valence-electron chi connectivity index (χ4n) is 2.28. The number of hydrogen-bond donors (Lipinski definition) is 2. The summed E-state index contributed by atoms with van der Waals surface area (Å²) in [6, 6.07) is 11.7. The van der Waals surface area contributed by atoms with E-state index in [1.807, 2.05) is 0 Å². The lowest BCUT2D eigenvalue weighted by Gasteiger charge is -2.13. The first kappa shape index (κ1) is 21.2. The molecule has 2 rings (SSSR count). The van der Waals surface area contributed by atoms with E-state index in [-0.39, 0.29) is 22.2 Å². The molecule has 0 unspecified atom stereocenters. The number of carbonyl (C=O) groups excluding carboxylic acids is 2. The highest BCUT2D eigenvalue weighted by molar-refractivity contribution is 7.92. The van der Waals surface area contributed by atoms with Crippen LogP contribution in [0.2, 0.25) is 0 Å². The maximum atomic E-state index is 12.6. The van der Waals surface area contributed by atoms with Crippen molar-refractivity contribution in [3.05, 3.63) is 54.1 Å². The molecule has 0 radical (unpaired) electrons. The molecule has 9 heteroatoms. The van der Waals surface area contributed by atoms with Gasteiger partial charge in [-0.3, -0.25) is 9.52 Å². The molecule has 0 aliphatic rings. The van der Waals surface area contributed by atoms with E-state index in [2.05, 4.69) is 10.0 Å². The molecule has 2 N–H and O–H groups in total. The number of esters is 1. The van der Waals surface area contributed by atoms with Crippen molar-refractivity contribution in [1.29, 1.82) is 0 Å². The minimum Gasteiger partial charge on any atom is -0.497 e. The van der Waals surface area contributed by atoms with Gasteiger partial charge < -0.3 is 14.8 Å². The molecule has 0 bridgehead atoms. The molecule has 0 aliphatic heterocycles. The number of rotatable bonds is 8. The zero-order valence-electron chi connectivity index (χ0n) is 15.8. The van der Waals surface area contributed by atoms with Crippen molar-refractivity contribution in [3.8, 4) is 5.75 Å². The van der Waals surface area contributed by atoms with E-state index in [1.54, 1.807) is 26.0 Å². The number of anilines is 1. The minimum absolute atomic E-state index is 0.00284. The molecule has 8 nitrogen and oxygen atoms in total. The second-order valence-electron chi connectivity index (χ2n) is 6.12. The van der Waals surface area contributed by atoms with Crippen LogP contribution in [0.25, 0.3) is 0 Å². The molecule has 28 heavy (non-hydrogen) atoms. The van der Waals surface area contributed by atoms with Gasteiger partial charge in [0, 0.05) is 6.04 Å². The lowest BCUT2D eigenvalue weighted by atomic mass is 10.2. The summed E-state index contributed by atoms with van der Waals surface area (Å²) in [6.07, 6.45) is 0. The number of para-hydroxylation sites is 1. The molecule has 0 spiro atoms. The van der Waals surface area contributed by atoms with Crippen LogP contribution in [0.5, 0.6) is 5.75 Å². The Morgan fingerprint density at radius 3 is 2.29 bits per heavy atom. The number of nitrogens with one attached hydrogen (secondary N) is 2. The van der Waals surface area contributed by atoms with E-state index in [9.17, 15) is 18.0 Å². The molecule has 0 aromatic heterocycles. The predicted octanol–water partition coefficient (Wildman–Crippen LogP) is 2.18. The minimum atomic E-state index is -3.93. The van der Waals surface area contributed by atoms with Gasteiger partial charge in [-0.2, -0.15) is 0 Å². The second-order valence-corrected chi connectivity index (χ2v) is 7.81. The van der Waals surface area contributed by atoms with Gasteiger partial charge in [-0.15, -0.1) is 0 Å². The molecule has 0 heterocycles. The molecule has 1 amide bonds. The van der Waals surface area contributed by atoms with Gasteiger partial charge in [0.2, 0.25) is 0 Å². The Hall–Kier alpha value is -3.07. The number of carbonyl (C=O) groups is 2. The number of sulfonamides is 1. The molecule has 0 aliphatic carbocycles. The molecule has 2 aromatic carbocycles. The van der Waals surface area contributed by atoms with Crippen LogP contribution in [-0.4, -0.2) is 40.1 Å². The van der Waals surface area contributed by atoms with Gasteiger partial charge in [0.25, 0.3) is 15.9 Å². The van der Waals surface area contributed by atoms with Crippen molar-refractivity contribution in [2.45, 2.75) is 24.8 Å². The fourth-order valence-corrected chi connectivity index (χ4v) is 3.36. The zero-order valence-corrected chi connectivity index (χ0v) is 16.6. The number of amides is 1. The van der Waals surface area contributed by atoms with Crippen molar-refractivity contribution in [2.75, 3.05) is 18.4 Å². The first-order chi connectivity index (χ1) is 13.2. The van der Waals surface area contributed by atoms with Gasteiger partial charge in [0.1, 0.15) is 5.75 Å². The van der Waals surface area contributed by atoms with E-state index in [0.717, 1.165) is 0 Å². The molecular formula is C19H22N2O6S. The fraction of sp³-hybridized carbons (Fsp3) is 0.263. The van der Waals surface area contributed by atoms with Crippen LogP contribution in [0.1, 0.15) is 24.2 Å². The van der Waals surface area contributed by atoms with E-state index >= 15 is 0 Å². The third-order valence-electron chi connectivity index (χ3n) is 3.55. The Morgan fingerprint density at radius 2 is 1.68 bits per heavy atom. The maximum Gasteiger partial charge on any atom is 0.340 e. The van der Waals surface area contributed by atoms with E-state index < -0.39 is 28.5 Å². The lowest BCUT2D eigenvalue weighted by Crippen LogP contribution is -2.34. The third kappa shape index (κ3) is 5.71. The molecule has 0 saturated heterocycles. The summed E-state index contributed by atoms with van der Waals surface area (Å²) in [7, 11) is -2.46. The topological polar surface area (TPSA) is 111 Å². The quantitative estimate of drug-likeness (QED) is 0.650. The van der Waals surface area contributed by atoms with E-state index in [1.165, 1.54) is 43.5 Å².